The van der Waals surface area contributed by atoms with E-state index in [0.717, 1.165) is 32.1 Å². The number of ether oxygens (including phenoxy) is 1. The van der Waals surface area contributed by atoms with Crippen LogP contribution in [0.1, 0.15) is 43.7 Å². The van der Waals surface area contributed by atoms with Crippen LogP contribution in [0.2, 0.25) is 0 Å². The molecule has 0 spiro atoms. The zero-order valence-corrected chi connectivity index (χ0v) is 21.6. The summed E-state index contributed by atoms with van der Waals surface area (Å²) in [4.78, 5) is 29.3. The first kappa shape index (κ1) is 26.1. The summed E-state index contributed by atoms with van der Waals surface area (Å²) in [5, 5.41) is 21.9. The first-order chi connectivity index (χ1) is 18.9. The molecule has 0 aliphatic heterocycles. The molecule has 3 aromatic carbocycles. The number of methoxy groups -OCH3 is 1. The SMILES string of the molecule is COc1ccc(C(C(=O)NC2CCCCC2)N(C(=O)Cn2nnc3ccccc32)c2ccc(F)cc2)cc1O. The first-order valence-corrected chi connectivity index (χ1v) is 13.0. The number of carbonyl (C=O) groups excluding carboxylic acids is 2. The lowest BCUT2D eigenvalue weighted by Gasteiger charge is -2.33. The predicted molar refractivity (Wildman–Crippen MR) is 144 cm³/mol. The number of aromatic hydroxyl groups is 1. The molecule has 1 aliphatic rings. The van der Waals surface area contributed by atoms with Crippen molar-refractivity contribution in [2.24, 2.45) is 0 Å². The number of nitrogens with zero attached hydrogens (tertiary/aromatic N) is 4. The fraction of sp³-hybridized carbons (Fsp3) is 0.310. The number of halogens is 1. The number of aromatic nitrogens is 3. The Morgan fingerprint density at radius 2 is 1.85 bits per heavy atom. The molecule has 1 unspecified atom stereocenters. The fourth-order valence-corrected chi connectivity index (χ4v) is 5.10. The Labute approximate surface area is 225 Å². The third-order valence-electron chi connectivity index (χ3n) is 7.06. The third-order valence-corrected chi connectivity index (χ3v) is 7.06. The highest BCUT2D eigenvalue weighted by molar-refractivity contribution is 6.01. The van der Waals surface area contributed by atoms with Crippen molar-refractivity contribution in [2.75, 3.05) is 12.0 Å². The van der Waals surface area contributed by atoms with Crippen LogP contribution in [0, 0.1) is 5.82 Å². The van der Waals surface area contributed by atoms with Gasteiger partial charge in [-0.3, -0.25) is 14.5 Å². The number of nitrogens with one attached hydrogen (secondary N) is 1. The Morgan fingerprint density at radius 3 is 2.56 bits per heavy atom. The van der Waals surface area contributed by atoms with Crippen LogP contribution in [0.25, 0.3) is 11.0 Å². The highest BCUT2D eigenvalue weighted by Crippen LogP contribution is 2.34. The van der Waals surface area contributed by atoms with Gasteiger partial charge in [0.1, 0.15) is 23.9 Å². The molecule has 0 bridgehead atoms. The summed E-state index contributed by atoms with van der Waals surface area (Å²) < 4.78 is 20.6. The van der Waals surface area contributed by atoms with Crippen molar-refractivity contribution in [3.63, 3.8) is 0 Å². The third kappa shape index (κ3) is 5.69. The van der Waals surface area contributed by atoms with Crippen LogP contribution in [0.4, 0.5) is 10.1 Å². The van der Waals surface area contributed by atoms with E-state index in [4.69, 9.17) is 4.74 Å². The Kier molecular flexibility index (Phi) is 7.72. The summed E-state index contributed by atoms with van der Waals surface area (Å²) in [6.45, 7) is -0.215. The van der Waals surface area contributed by atoms with Crippen LogP contribution in [0.3, 0.4) is 0 Å². The van der Waals surface area contributed by atoms with Crippen molar-refractivity contribution in [1.82, 2.24) is 20.3 Å². The number of para-hydroxylation sites is 1. The number of hydrogen-bond acceptors (Lipinski definition) is 6. The van der Waals surface area contributed by atoms with Gasteiger partial charge in [-0.15, -0.1) is 5.10 Å². The van der Waals surface area contributed by atoms with Gasteiger partial charge in [0, 0.05) is 11.7 Å². The summed E-state index contributed by atoms with van der Waals surface area (Å²) in [5.41, 5.74) is 1.99. The van der Waals surface area contributed by atoms with E-state index >= 15 is 0 Å². The molecular formula is C29H30FN5O4. The molecule has 0 radical (unpaired) electrons. The van der Waals surface area contributed by atoms with Crippen LogP contribution >= 0.6 is 0 Å². The minimum absolute atomic E-state index is 0.0231. The van der Waals surface area contributed by atoms with Gasteiger partial charge in [-0.1, -0.05) is 42.7 Å². The normalized spacial score (nSPS) is 14.6. The number of hydrogen-bond donors (Lipinski definition) is 2. The van der Waals surface area contributed by atoms with Crippen molar-refractivity contribution < 1.29 is 23.8 Å². The molecule has 1 saturated carbocycles. The van der Waals surface area contributed by atoms with Crippen molar-refractivity contribution >= 4 is 28.5 Å². The van der Waals surface area contributed by atoms with Gasteiger partial charge in [0.25, 0.3) is 0 Å². The van der Waals surface area contributed by atoms with Crippen molar-refractivity contribution in [3.05, 3.63) is 78.1 Å². The van der Waals surface area contributed by atoms with Crippen LogP contribution in [0.15, 0.2) is 66.7 Å². The summed E-state index contributed by atoms with van der Waals surface area (Å²) in [6, 6.07) is 16.1. The van der Waals surface area contributed by atoms with Gasteiger partial charge in [0.15, 0.2) is 11.5 Å². The molecule has 1 aliphatic carbocycles. The standard InChI is InChI=1S/C29H30FN5O4/c1-39-26-16-11-19(17-25(26)36)28(29(38)31-21-7-3-2-4-8-21)35(22-14-12-20(30)13-15-22)27(37)18-34-24-10-6-5-9-23(24)32-33-34/h5-6,9-17,21,28,36H,2-4,7-8,18H2,1H3,(H,31,38). The highest BCUT2D eigenvalue weighted by atomic mass is 19.1. The van der Waals surface area contributed by atoms with E-state index in [1.165, 1.54) is 47.0 Å². The molecule has 9 nitrogen and oxygen atoms in total. The maximum atomic E-state index is 14.0. The summed E-state index contributed by atoms with van der Waals surface area (Å²) in [7, 11) is 1.43. The lowest BCUT2D eigenvalue weighted by molar-refractivity contribution is -0.127. The average molecular weight is 532 g/mol. The van der Waals surface area contributed by atoms with Crippen LogP contribution in [0.5, 0.6) is 11.5 Å². The number of phenolic OH excluding ortho intramolecular Hbond substituents is 1. The molecule has 4 aromatic rings. The van der Waals surface area contributed by atoms with Gasteiger partial charge in [0.2, 0.25) is 11.8 Å². The molecule has 2 N–H and O–H groups in total. The van der Waals surface area contributed by atoms with Gasteiger partial charge in [-0.2, -0.15) is 0 Å². The molecule has 2 amide bonds. The zero-order valence-electron chi connectivity index (χ0n) is 21.6. The molecule has 10 heteroatoms. The molecule has 39 heavy (non-hydrogen) atoms. The maximum Gasteiger partial charge on any atom is 0.249 e. The van der Waals surface area contributed by atoms with Gasteiger partial charge < -0.3 is 15.2 Å². The second-order valence-electron chi connectivity index (χ2n) is 9.65. The highest BCUT2D eigenvalue weighted by Gasteiger charge is 2.35. The molecule has 5 rings (SSSR count). The Balaban J connectivity index is 1.58. The number of rotatable bonds is 8. The van der Waals surface area contributed by atoms with Crippen LogP contribution in [-0.2, 0) is 16.1 Å². The van der Waals surface area contributed by atoms with Crippen LogP contribution < -0.4 is 15.0 Å². The second kappa shape index (κ2) is 11.5. The van der Waals surface area contributed by atoms with Crippen molar-refractivity contribution in [1.29, 1.82) is 0 Å². The molecule has 1 atom stereocenters. The van der Waals surface area contributed by atoms with E-state index in [2.05, 4.69) is 15.6 Å². The number of phenols is 1. The zero-order chi connectivity index (χ0) is 27.4. The molecule has 0 saturated heterocycles. The van der Waals surface area contributed by atoms with Gasteiger partial charge >= 0.3 is 0 Å². The monoisotopic (exact) mass is 531 g/mol. The molecule has 202 valence electrons. The van der Waals surface area contributed by atoms with E-state index in [0.29, 0.717) is 22.3 Å². The topological polar surface area (TPSA) is 110 Å². The smallest absolute Gasteiger partial charge is 0.249 e. The van der Waals surface area contributed by atoms with E-state index in [9.17, 15) is 19.1 Å². The second-order valence-corrected chi connectivity index (χ2v) is 9.65. The largest absolute Gasteiger partial charge is 0.504 e. The molecule has 1 aromatic heterocycles. The first-order valence-electron chi connectivity index (χ1n) is 13.0. The Hall–Kier alpha value is -4.47. The molecule has 1 heterocycles. The minimum atomic E-state index is -1.16. The minimum Gasteiger partial charge on any atom is -0.504 e. The Morgan fingerprint density at radius 1 is 1.10 bits per heavy atom. The number of amides is 2. The quantitative estimate of drug-likeness (QED) is 0.346. The predicted octanol–water partition coefficient (Wildman–Crippen LogP) is 4.51. The molecule has 1 fully saturated rings. The number of benzene rings is 3. The number of anilines is 1. The lowest BCUT2D eigenvalue weighted by Crippen LogP contribution is -2.48. The summed E-state index contributed by atoms with van der Waals surface area (Å²) in [6.07, 6.45) is 4.84. The number of carbonyl (C=O) groups is 2. The summed E-state index contributed by atoms with van der Waals surface area (Å²) in [5.74, 6) is -1.26. The summed E-state index contributed by atoms with van der Waals surface area (Å²) >= 11 is 0. The average Bonchev–Trinajstić information content (AvgIpc) is 3.35. The lowest BCUT2D eigenvalue weighted by atomic mass is 9.94. The molecular weight excluding hydrogens is 501 g/mol. The van der Waals surface area contributed by atoms with Gasteiger partial charge in [-0.05, 0) is 66.9 Å². The fourth-order valence-electron chi connectivity index (χ4n) is 5.10. The maximum absolute atomic E-state index is 14.0. The Bertz CT molecular complexity index is 1470. The number of fused-ring (bicyclic) bond motifs is 1. The van der Waals surface area contributed by atoms with E-state index in [1.54, 1.807) is 24.3 Å². The van der Waals surface area contributed by atoms with Gasteiger partial charge in [0.05, 0.1) is 12.6 Å². The van der Waals surface area contributed by atoms with Crippen LogP contribution in [-0.4, -0.2) is 45.1 Å². The van der Waals surface area contributed by atoms with Crippen molar-refractivity contribution in [3.8, 4) is 11.5 Å². The van der Waals surface area contributed by atoms with E-state index in [1.807, 2.05) is 12.1 Å². The van der Waals surface area contributed by atoms with Gasteiger partial charge in [-0.25, -0.2) is 9.07 Å². The van der Waals surface area contributed by atoms with Crippen molar-refractivity contribution in [2.45, 2.75) is 50.7 Å². The van der Waals surface area contributed by atoms with E-state index in [-0.39, 0.29) is 24.1 Å². The van der Waals surface area contributed by atoms with E-state index < -0.39 is 23.7 Å².